The van der Waals surface area contributed by atoms with Crippen LogP contribution in [0.3, 0.4) is 0 Å². The molecule has 5 aromatic rings. The summed E-state index contributed by atoms with van der Waals surface area (Å²) in [7, 11) is 2.19. The Hall–Kier alpha value is -2.80. The predicted molar refractivity (Wildman–Crippen MR) is 109 cm³/mol. The summed E-state index contributed by atoms with van der Waals surface area (Å²) >= 11 is 0. The highest BCUT2D eigenvalue weighted by Gasteiger charge is 2.12. The first kappa shape index (κ1) is 14.5. The summed E-state index contributed by atoms with van der Waals surface area (Å²) in [4.78, 5) is 0. The maximum Gasteiger partial charge on any atom is 0.0495 e. The largest absolute Gasteiger partial charge is 0.344 e. The van der Waals surface area contributed by atoms with Crippen molar-refractivity contribution in [2.45, 2.75) is 19.8 Å². The number of nitrogens with zero attached hydrogens (tertiary/aromatic N) is 1. The van der Waals surface area contributed by atoms with E-state index in [2.05, 4.69) is 85.3 Å². The third kappa shape index (κ3) is 2.09. The smallest absolute Gasteiger partial charge is 0.0495 e. The van der Waals surface area contributed by atoms with Crippen molar-refractivity contribution in [3.8, 4) is 0 Å². The molecule has 0 atom stereocenters. The van der Waals surface area contributed by atoms with Gasteiger partial charge in [0.25, 0.3) is 0 Å². The zero-order chi connectivity index (χ0) is 17.0. The lowest BCUT2D eigenvalue weighted by atomic mass is 9.99. The van der Waals surface area contributed by atoms with Gasteiger partial charge >= 0.3 is 0 Å². The molecule has 0 saturated carbocycles. The van der Waals surface area contributed by atoms with Crippen molar-refractivity contribution in [2.75, 3.05) is 0 Å². The highest BCUT2D eigenvalue weighted by atomic mass is 14.9. The molecule has 0 bridgehead atoms. The third-order valence-corrected chi connectivity index (χ3v) is 5.46. The summed E-state index contributed by atoms with van der Waals surface area (Å²) in [6.45, 7) is 2.24. The van der Waals surface area contributed by atoms with Gasteiger partial charge in [-0.15, -0.1) is 0 Å². The maximum atomic E-state index is 2.37. The standard InChI is InChI=1S/C24H21N/c1-3-6-16-9-11-20-23(13-16)25(2)22-12-10-19-14-17-7-4-5-8-18(17)15-21(19)24(20)22/h4-5,7-15H,3,6H2,1-2H3. The predicted octanol–water partition coefficient (Wildman–Crippen LogP) is 6.59. The second-order valence-corrected chi connectivity index (χ2v) is 7.04. The Morgan fingerprint density at radius 3 is 2.32 bits per heavy atom. The van der Waals surface area contributed by atoms with E-state index in [9.17, 15) is 0 Å². The fraction of sp³-hybridized carbons (Fsp3) is 0.167. The summed E-state index contributed by atoms with van der Waals surface area (Å²) in [6, 6.07) is 24.8. The second kappa shape index (κ2) is 5.35. The maximum absolute atomic E-state index is 2.37. The fourth-order valence-corrected chi connectivity index (χ4v) is 4.20. The SMILES string of the molecule is CCCc1ccc2c3c4cc5ccccc5cc4ccc3n(C)c2c1. The number of fused-ring (bicyclic) bond motifs is 6. The molecule has 5 rings (SSSR count). The molecule has 0 spiro atoms. The summed E-state index contributed by atoms with van der Waals surface area (Å²) in [5, 5.41) is 8.02. The highest BCUT2D eigenvalue weighted by Crippen LogP contribution is 2.36. The molecule has 0 aliphatic carbocycles. The normalized spacial score (nSPS) is 11.9. The van der Waals surface area contributed by atoms with E-state index in [1.807, 2.05) is 0 Å². The van der Waals surface area contributed by atoms with Crippen LogP contribution in [0.25, 0.3) is 43.4 Å². The Bertz CT molecular complexity index is 1260. The van der Waals surface area contributed by atoms with Gasteiger partial charge in [0, 0.05) is 28.9 Å². The lowest BCUT2D eigenvalue weighted by Gasteiger charge is -2.05. The van der Waals surface area contributed by atoms with E-state index in [-0.39, 0.29) is 0 Å². The summed E-state index contributed by atoms with van der Waals surface area (Å²) in [5.41, 5.74) is 4.07. The van der Waals surface area contributed by atoms with E-state index in [0.29, 0.717) is 0 Å². The van der Waals surface area contributed by atoms with Gasteiger partial charge in [0.05, 0.1) is 0 Å². The van der Waals surface area contributed by atoms with Crippen molar-refractivity contribution in [3.05, 3.63) is 72.3 Å². The van der Waals surface area contributed by atoms with E-state index >= 15 is 0 Å². The molecular weight excluding hydrogens is 302 g/mol. The van der Waals surface area contributed by atoms with Crippen molar-refractivity contribution in [1.82, 2.24) is 4.57 Å². The van der Waals surface area contributed by atoms with E-state index < -0.39 is 0 Å². The van der Waals surface area contributed by atoms with Gasteiger partial charge in [0.2, 0.25) is 0 Å². The quantitative estimate of drug-likeness (QED) is 0.323. The lowest BCUT2D eigenvalue weighted by Crippen LogP contribution is -1.88. The topological polar surface area (TPSA) is 4.93 Å². The average molecular weight is 323 g/mol. The third-order valence-electron chi connectivity index (χ3n) is 5.46. The first-order chi connectivity index (χ1) is 12.3. The van der Waals surface area contributed by atoms with Crippen LogP contribution in [0.5, 0.6) is 0 Å². The van der Waals surface area contributed by atoms with Crippen molar-refractivity contribution in [1.29, 1.82) is 0 Å². The molecule has 0 aliphatic heterocycles. The van der Waals surface area contributed by atoms with Crippen molar-refractivity contribution < 1.29 is 0 Å². The fourth-order valence-electron chi connectivity index (χ4n) is 4.20. The van der Waals surface area contributed by atoms with Gasteiger partial charge in [-0.3, -0.25) is 0 Å². The van der Waals surface area contributed by atoms with Crippen LogP contribution in [0.2, 0.25) is 0 Å². The molecule has 1 aromatic heterocycles. The number of hydrogen-bond acceptors (Lipinski definition) is 0. The van der Waals surface area contributed by atoms with E-state index in [0.717, 1.165) is 6.42 Å². The van der Waals surface area contributed by atoms with Crippen LogP contribution in [-0.4, -0.2) is 4.57 Å². The minimum atomic E-state index is 1.14. The van der Waals surface area contributed by atoms with Crippen LogP contribution in [0.1, 0.15) is 18.9 Å². The van der Waals surface area contributed by atoms with Crippen molar-refractivity contribution in [3.63, 3.8) is 0 Å². The summed E-state index contributed by atoms with van der Waals surface area (Å²) in [5.74, 6) is 0. The van der Waals surface area contributed by atoms with Gasteiger partial charge in [-0.25, -0.2) is 0 Å². The molecule has 0 amide bonds. The number of aromatic nitrogens is 1. The van der Waals surface area contributed by atoms with Gasteiger partial charge in [-0.1, -0.05) is 55.8 Å². The van der Waals surface area contributed by atoms with Crippen LogP contribution in [0.15, 0.2) is 66.7 Å². The second-order valence-electron chi connectivity index (χ2n) is 7.04. The first-order valence-electron chi connectivity index (χ1n) is 9.09. The van der Waals surface area contributed by atoms with E-state index in [1.54, 1.807) is 0 Å². The Morgan fingerprint density at radius 1 is 0.720 bits per heavy atom. The Balaban J connectivity index is 1.95. The molecule has 0 aliphatic rings. The number of benzene rings is 4. The van der Waals surface area contributed by atoms with Crippen LogP contribution in [-0.2, 0) is 13.5 Å². The van der Waals surface area contributed by atoms with Gasteiger partial charge in [-0.05, 0) is 57.8 Å². The summed E-state index contributed by atoms with van der Waals surface area (Å²) in [6.07, 6.45) is 2.33. The lowest BCUT2D eigenvalue weighted by molar-refractivity contribution is 0.920. The van der Waals surface area contributed by atoms with E-state index in [1.165, 1.54) is 55.3 Å². The Morgan fingerprint density at radius 2 is 1.52 bits per heavy atom. The Labute approximate surface area is 147 Å². The zero-order valence-corrected chi connectivity index (χ0v) is 14.7. The molecule has 1 heteroatoms. The van der Waals surface area contributed by atoms with Gasteiger partial charge in [-0.2, -0.15) is 0 Å². The van der Waals surface area contributed by atoms with E-state index in [4.69, 9.17) is 0 Å². The highest BCUT2D eigenvalue weighted by molar-refractivity contribution is 6.22. The molecule has 0 radical (unpaired) electrons. The number of hydrogen-bond donors (Lipinski definition) is 0. The molecule has 0 N–H and O–H groups in total. The molecule has 25 heavy (non-hydrogen) atoms. The van der Waals surface area contributed by atoms with Crippen LogP contribution >= 0.6 is 0 Å². The molecule has 4 aromatic carbocycles. The minimum Gasteiger partial charge on any atom is -0.344 e. The molecule has 1 nitrogen and oxygen atoms in total. The van der Waals surface area contributed by atoms with Gasteiger partial charge in [0.1, 0.15) is 0 Å². The number of aryl methyl sites for hydroxylation is 2. The van der Waals surface area contributed by atoms with Crippen molar-refractivity contribution in [2.24, 2.45) is 7.05 Å². The molecule has 0 unspecified atom stereocenters. The molecule has 0 saturated heterocycles. The molecular formula is C24H21N. The molecule has 122 valence electrons. The van der Waals surface area contributed by atoms with Crippen LogP contribution in [0.4, 0.5) is 0 Å². The van der Waals surface area contributed by atoms with Crippen molar-refractivity contribution >= 4 is 43.4 Å². The number of rotatable bonds is 2. The zero-order valence-electron chi connectivity index (χ0n) is 14.7. The first-order valence-corrected chi connectivity index (χ1v) is 9.09. The summed E-state index contributed by atoms with van der Waals surface area (Å²) < 4.78 is 2.35. The minimum absolute atomic E-state index is 1.14. The van der Waals surface area contributed by atoms with Gasteiger partial charge in [0.15, 0.2) is 0 Å². The van der Waals surface area contributed by atoms with Crippen LogP contribution in [0, 0.1) is 0 Å². The molecule has 1 heterocycles. The average Bonchev–Trinajstić information content (AvgIpc) is 2.93. The monoisotopic (exact) mass is 323 g/mol. The van der Waals surface area contributed by atoms with Crippen LogP contribution < -0.4 is 0 Å². The Kier molecular flexibility index (Phi) is 3.11. The van der Waals surface area contributed by atoms with Gasteiger partial charge < -0.3 is 4.57 Å². The molecule has 0 fully saturated rings.